The summed E-state index contributed by atoms with van der Waals surface area (Å²) in [5.41, 5.74) is 0.277. The van der Waals surface area contributed by atoms with E-state index >= 15 is 0 Å². The second-order valence-corrected chi connectivity index (χ2v) is 9.96. The van der Waals surface area contributed by atoms with Gasteiger partial charge in [0.05, 0.1) is 11.1 Å². The minimum absolute atomic E-state index is 0.269. The first-order chi connectivity index (χ1) is 15.1. The average Bonchev–Trinajstić information content (AvgIpc) is 3.10. The van der Waals surface area contributed by atoms with Gasteiger partial charge in [-0.05, 0) is 62.7 Å². The van der Waals surface area contributed by atoms with Gasteiger partial charge in [0.25, 0.3) is 0 Å². The van der Waals surface area contributed by atoms with Crippen LogP contribution in [0.5, 0.6) is 0 Å². The molecule has 164 valence electrons. The Morgan fingerprint density at radius 3 is 2.22 bits per heavy atom. The molecule has 0 amide bonds. The van der Waals surface area contributed by atoms with Crippen molar-refractivity contribution in [3.8, 4) is 4.90 Å². The SMILES string of the molecule is Cc1c[s+](-c2cccc(C(=O)OC(C)(C)c3ccc(C(F)(F)F)cc3)c2)c2ccccc12. The summed E-state index contributed by atoms with van der Waals surface area (Å²) in [6, 6.07) is 20.3. The number of hydrogen-bond acceptors (Lipinski definition) is 2. The van der Waals surface area contributed by atoms with Crippen LogP contribution in [0.15, 0.2) is 78.2 Å². The van der Waals surface area contributed by atoms with Crippen molar-refractivity contribution in [1.29, 1.82) is 0 Å². The molecule has 0 aliphatic carbocycles. The quantitative estimate of drug-likeness (QED) is 0.230. The third kappa shape index (κ3) is 4.28. The van der Waals surface area contributed by atoms with Crippen molar-refractivity contribution in [2.75, 3.05) is 0 Å². The Bertz CT molecular complexity index is 1280. The van der Waals surface area contributed by atoms with Crippen molar-refractivity contribution in [2.24, 2.45) is 0 Å². The lowest BCUT2D eigenvalue weighted by Gasteiger charge is -2.26. The predicted octanol–water partition coefficient (Wildman–Crippen LogP) is 8.00. The fourth-order valence-electron chi connectivity index (χ4n) is 3.65. The van der Waals surface area contributed by atoms with Gasteiger partial charge in [0.2, 0.25) is 0 Å². The molecule has 1 heterocycles. The lowest BCUT2D eigenvalue weighted by atomic mass is 9.96. The highest BCUT2D eigenvalue weighted by Gasteiger charge is 2.32. The lowest BCUT2D eigenvalue weighted by Crippen LogP contribution is -2.25. The molecule has 0 aliphatic heterocycles. The zero-order valence-electron chi connectivity index (χ0n) is 17.9. The standard InChI is InChI=1S/C26H22F3O2S/c1-17-16-32(23-10-5-4-9-22(17)23)21-8-6-7-18(15-21)24(30)31-25(2,3)19-11-13-20(14-12-19)26(27,28)29/h4-16H,1-3H3/q+1. The molecule has 0 bridgehead atoms. The van der Waals surface area contributed by atoms with E-state index in [0.717, 1.165) is 17.0 Å². The monoisotopic (exact) mass is 455 g/mol. The van der Waals surface area contributed by atoms with Crippen LogP contribution in [0.4, 0.5) is 13.2 Å². The molecule has 32 heavy (non-hydrogen) atoms. The van der Waals surface area contributed by atoms with E-state index in [1.807, 2.05) is 30.3 Å². The number of ether oxygens (including phenoxy) is 1. The molecule has 0 saturated carbocycles. The first-order valence-electron chi connectivity index (χ1n) is 10.1. The van der Waals surface area contributed by atoms with Gasteiger partial charge in [0, 0.05) is 27.5 Å². The molecule has 0 spiro atoms. The first kappa shape index (κ1) is 22.1. The number of aryl methyl sites for hydroxylation is 1. The second-order valence-electron chi connectivity index (χ2n) is 8.14. The lowest BCUT2D eigenvalue weighted by molar-refractivity contribution is -0.137. The van der Waals surface area contributed by atoms with Crippen LogP contribution in [0, 0.1) is 6.92 Å². The van der Waals surface area contributed by atoms with Crippen molar-refractivity contribution in [2.45, 2.75) is 32.5 Å². The number of esters is 1. The van der Waals surface area contributed by atoms with E-state index in [4.69, 9.17) is 4.74 Å². The van der Waals surface area contributed by atoms with Crippen LogP contribution >= 0.6 is 10.5 Å². The maximum atomic E-state index is 12.9. The molecule has 0 fully saturated rings. The van der Waals surface area contributed by atoms with Crippen molar-refractivity contribution in [1.82, 2.24) is 0 Å². The van der Waals surface area contributed by atoms with Crippen LogP contribution in [0.2, 0.25) is 0 Å². The first-order valence-corrected chi connectivity index (χ1v) is 11.4. The number of thiophene rings is 1. The van der Waals surface area contributed by atoms with E-state index in [-0.39, 0.29) is 10.5 Å². The molecule has 4 rings (SSSR count). The molecule has 2 nitrogen and oxygen atoms in total. The zero-order chi connectivity index (χ0) is 23.1. The van der Waals surface area contributed by atoms with E-state index in [1.54, 1.807) is 19.9 Å². The summed E-state index contributed by atoms with van der Waals surface area (Å²) in [7, 11) is -0.269. The Balaban J connectivity index is 1.60. The van der Waals surface area contributed by atoms with E-state index < -0.39 is 23.3 Å². The number of rotatable bonds is 4. The summed E-state index contributed by atoms with van der Waals surface area (Å²) >= 11 is 0. The number of benzene rings is 3. The van der Waals surface area contributed by atoms with Crippen LogP contribution < -0.4 is 0 Å². The molecule has 3 aromatic carbocycles. The fourth-order valence-corrected chi connectivity index (χ4v) is 5.82. The largest absolute Gasteiger partial charge is 0.451 e. The van der Waals surface area contributed by atoms with E-state index in [9.17, 15) is 18.0 Å². The molecule has 0 N–H and O–H groups in total. The number of alkyl halides is 3. The van der Waals surface area contributed by atoms with Gasteiger partial charge >= 0.3 is 12.1 Å². The number of carbonyl (C=O) groups excluding carboxylic acids is 1. The Labute approximate surface area is 187 Å². The Hall–Kier alpha value is -3.12. The Kier molecular flexibility index (Phi) is 5.59. The van der Waals surface area contributed by atoms with Crippen molar-refractivity contribution in [3.63, 3.8) is 0 Å². The number of halogens is 3. The zero-order valence-corrected chi connectivity index (χ0v) is 18.7. The fraction of sp³-hybridized carbons (Fsp3) is 0.192. The van der Waals surface area contributed by atoms with Gasteiger partial charge < -0.3 is 4.74 Å². The Morgan fingerprint density at radius 1 is 0.875 bits per heavy atom. The summed E-state index contributed by atoms with van der Waals surface area (Å²) < 4.78 is 45.5. The minimum atomic E-state index is -4.41. The maximum absolute atomic E-state index is 12.9. The van der Waals surface area contributed by atoms with Gasteiger partial charge in [0.1, 0.15) is 11.0 Å². The van der Waals surface area contributed by atoms with Gasteiger partial charge in [-0.2, -0.15) is 13.2 Å². The Morgan fingerprint density at radius 2 is 1.53 bits per heavy atom. The van der Waals surface area contributed by atoms with Gasteiger partial charge in [-0.25, -0.2) is 4.79 Å². The molecule has 0 aliphatic rings. The molecule has 0 radical (unpaired) electrons. The summed E-state index contributed by atoms with van der Waals surface area (Å²) in [5, 5.41) is 3.42. The van der Waals surface area contributed by atoms with Crippen LogP contribution in [0.1, 0.15) is 40.9 Å². The predicted molar refractivity (Wildman–Crippen MR) is 122 cm³/mol. The van der Waals surface area contributed by atoms with Crippen molar-refractivity contribution >= 4 is 26.5 Å². The molecule has 4 aromatic rings. The highest BCUT2D eigenvalue weighted by atomic mass is 32.2. The smallest absolute Gasteiger partial charge is 0.416 e. The van der Waals surface area contributed by atoms with Crippen LogP contribution in [0.3, 0.4) is 0 Å². The summed E-state index contributed by atoms with van der Waals surface area (Å²) in [4.78, 5) is 13.9. The summed E-state index contributed by atoms with van der Waals surface area (Å²) in [6.07, 6.45) is -4.41. The van der Waals surface area contributed by atoms with E-state index in [2.05, 4.69) is 24.4 Å². The molecule has 0 saturated heterocycles. The highest BCUT2D eigenvalue weighted by Crippen LogP contribution is 2.42. The molecule has 1 aromatic heterocycles. The van der Waals surface area contributed by atoms with E-state index in [1.165, 1.54) is 27.8 Å². The number of fused-ring (bicyclic) bond motifs is 1. The summed E-state index contributed by atoms with van der Waals surface area (Å²) in [6.45, 7) is 5.41. The molecule has 6 heteroatoms. The molecule has 1 atom stereocenters. The van der Waals surface area contributed by atoms with Crippen molar-refractivity contribution in [3.05, 3.63) is 100 Å². The van der Waals surface area contributed by atoms with Gasteiger partial charge in [0.15, 0.2) is 9.60 Å². The van der Waals surface area contributed by atoms with E-state index in [0.29, 0.717) is 11.1 Å². The van der Waals surface area contributed by atoms with Gasteiger partial charge in [-0.15, -0.1) is 0 Å². The molecular weight excluding hydrogens is 433 g/mol. The third-order valence-corrected chi connectivity index (χ3v) is 7.60. The molecular formula is C26H22F3O2S+. The van der Waals surface area contributed by atoms with Crippen LogP contribution in [0.25, 0.3) is 15.0 Å². The van der Waals surface area contributed by atoms with Gasteiger partial charge in [-0.3, -0.25) is 0 Å². The highest BCUT2D eigenvalue weighted by molar-refractivity contribution is 7.43. The minimum Gasteiger partial charge on any atom is -0.451 e. The second kappa shape index (κ2) is 8.10. The van der Waals surface area contributed by atoms with Crippen LogP contribution in [-0.2, 0) is 16.5 Å². The third-order valence-electron chi connectivity index (χ3n) is 5.42. The van der Waals surface area contributed by atoms with Gasteiger partial charge in [-0.1, -0.05) is 30.3 Å². The molecule has 1 unspecified atom stereocenters. The van der Waals surface area contributed by atoms with Crippen LogP contribution in [-0.4, -0.2) is 5.97 Å². The topological polar surface area (TPSA) is 26.3 Å². The number of carbonyl (C=O) groups is 1. The normalized spacial score (nSPS) is 12.8. The maximum Gasteiger partial charge on any atom is 0.416 e. The number of hydrogen-bond donors (Lipinski definition) is 0. The summed E-state index contributed by atoms with van der Waals surface area (Å²) in [5.74, 6) is -0.520. The van der Waals surface area contributed by atoms with Crippen molar-refractivity contribution < 1.29 is 22.7 Å². The average molecular weight is 456 g/mol.